The molecule has 1 amide bonds. The largest absolute Gasteiger partial charge is 0.478 e. The molecule has 1 aromatic rings. The quantitative estimate of drug-likeness (QED) is 0.853. The highest BCUT2D eigenvalue weighted by Gasteiger charge is 2.25. The van der Waals surface area contributed by atoms with Crippen molar-refractivity contribution in [1.82, 2.24) is 4.90 Å². The van der Waals surface area contributed by atoms with E-state index in [-0.39, 0.29) is 30.1 Å². The van der Waals surface area contributed by atoms with E-state index in [0.29, 0.717) is 19.7 Å². The number of carboxylic acid groups (broad SMARTS) is 1. The van der Waals surface area contributed by atoms with Crippen LogP contribution in [0.4, 0.5) is 0 Å². The summed E-state index contributed by atoms with van der Waals surface area (Å²) in [5.74, 6) is -0.932. The van der Waals surface area contributed by atoms with Gasteiger partial charge in [-0.25, -0.2) is 4.79 Å². The molecule has 0 aromatic heterocycles. The van der Waals surface area contributed by atoms with Crippen LogP contribution in [-0.4, -0.2) is 60.4 Å². The molecular weight excluding hydrogens is 322 g/mol. The summed E-state index contributed by atoms with van der Waals surface area (Å²) in [4.78, 5) is 25.3. The topological polar surface area (TPSA) is 76.1 Å². The van der Waals surface area contributed by atoms with Crippen molar-refractivity contribution < 1.29 is 24.2 Å². The summed E-state index contributed by atoms with van der Waals surface area (Å²) in [5.41, 5.74) is 0.952. The van der Waals surface area contributed by atoms with Gasteiger partial charge in [-0.05, 0) is 43.4 Å². The van der Waals surface area contributed by atoms with Gasteiger partial charge in [0.1, 0.15) is 0 Å². The fourth-order valence-electron chi connectivity index (χ4n) is 3.39. The van der Waals surface area contributed by atoms with Crippen molar-refractivity contribution in [3.63, 3.8) is 0 Å². The molecule has 6 heteroatoms. The van der Waals surface area contributed by atoms with Gasteiger partial charge >= 0.3 is 5.97 Å². The smallest absolute Gasteiger partial charge is 0.335 e. The molecule has 2 heterocycles. The van der Waals surface area contributed by atoms with Crippen LogP contribution in [0, 0.1) is 0 Å². The minimum Gasteiger partial charge on any atom is -0.478 e. The highest BCUT2D eigenvalue weighted by molar-refractivity contribution is 5.88. The molecule has 2 fully saturated rings. The van der Waals surface area contributed by atoms with Crippen molar-refractivity contribution in [3.05, 3.63) is 35.4 Å². The zero-order valence-corrected chi connectivity index (χ0v) is 14.4. The van der Waals surface area contributed by atoms with Crippen molar-refractivity contribution in [2.24, 2.45) is 0 Å². The third-order valence-electron chi connectivity index (χ3n) is 4.87. The molecule has 136 valence electrons. The number of carboxylic acids is 1. The van der Waals surface area contributed by atoms with Gasteiger partial charge in [0, 0.05) is 19.7 Å². The monoisotopic (exact) mass is 347 g/mol. The molecule has 0 bridgehead atoms. The molecule has 0 radical (unpaired) electrons. The molecule has 0 aliphatic carbocycles. The molecule has 2 aliphatic rings. The van der Waals surface area contributed by atoms with Crippen LogP contribution in [0.15, 0.2) is 24.3 Å². The first-order valence-electron chi connectivity index (χ1n) is 8.95. The van der Waals surface area contributed by atoms with Crippen molar-refractivity contribution in [3.8, 4) is 0 Å². The van der Waals surface area contributed by atoms with Crippen molar-refractivity contribution >= 4 is 11.9 Å². The fraction of sp³-hybridized carbons (Fsp3) is 0.579. The number of ether oxygens (including phenoxy) is 2. The predicted octanol–water partition coefficient (Wildman–Crippen LogP) is 2.11. The number of amides is 1. The van der Waals surface area contributed by atoms with Crippen LogP contribution in [0.3, 0.4) is 0 Å². The van der Waals surface area contributed by atoms with Crippen LogP contribution in [-0.2, 0) is 20.7 Å². The van der Waals surface area contributed by atoms with Crippen LogP contribution >= 0.6 is 0 Å². The van der Waals surface area contributed by atoms with Gasteiger partial charge in [0.05, 0.1) is 30.8 Å². The highest BCUT2D eigenvalue weighted by Crippen LogP contribution is 2.18. The van der Waals surface area contributed by atoms with Gasteiger partial charge in [0.15, 0.2) is 0 Å². The maximum atomic E-state index is 12.4. The Morgan fingerprint density at radius 1 is 1.24 bits per heavy atom. The lowest BCUT2D eigenvalue weighted by atomic mass is 10.0. The van der Waals surface area contributed by atoms with Crippen molar-refractivity contribution in [2.45, 2.75) is 44.3 Å². The Hall–Kier alpha value is -1.92. The van der Waals surface area contributed by atoms with Crippen LogP contribution in [0.2, 0.25) is 0 Å². The molecule has 1 N–H and O–H groups in total. The normalized spacial score (nSPS) is 21.4. The molecular formula is C19H25NO5. The minimum absolute atomic E-state index is 0.0418. The van der Waals surface area contributed by atoms with Gasteiger partial charge < -0.3 is 19.5 Å². The average Bonchev–Trinajstić information content (AvgIpc) is 3.14. The molecule has 3 rings (SSSR count). The summed E-state index contributed by atoms with van der Waals surface area (Å²) >= 11 is 0. The summed E-state index contributed by atoms with van der Waals surface area (Å²) in [6.45, 7) is 2.87. The lowest BCUT2D eigenvalue weighted by molar-refractivity contribution is -0.133. The average molecular weight is 347 g/mol. The number of carbonyl (C=O) groups excluding carboxylic acids is 1. The van der Waals surface area contributed by atoms with Crippen LogP contribution < -0.4 is 0 Å². The summed E-state index contributed by atoms with van der Waals surface area (Å²) < 4.78 is 11.5. The number of likely N-dealkylation sites (tertiary alicyclic amines) is 1. The Labute approximate surface area is 147 Å². The number of aromatic carboxylic acids is 1. The molecule has 1 unspecified atom stereocenters. The van der Waals surface area contributed by atoms with Gasteiger partial charge in [0.2, 0.25) is 5.91 Å². The number of carbonyl (C=O) groups is 2. The second-order valence-corrected chi connectivity index (χ2v) is 6.73. The van der Waals surface area contributed by atoms with Crippen LogP contribution in [0.25, 0.3) is 0 Å². The van der Waals surface area contributed by atoms with E-state index in [1.807, 2.05) is 4.90 Å². The Morgan fingerprint density at radius 2 is 2.04 bits per heavy atom. The van der Waals surface area contributed by atoms with E-state index < -0.39 is 5.97 Å². The lowest BCUT2D eigenvalue weighted by Gasteiger charge is -2.32. The maximum Gasteiger partial charge on any atom is 0.335 e. The first-order chi connectivity index (χ1) is 12.1. The Balaban J connectivity index is 1.43. The summed E-state index contributed by atoms with van der Waals surface area (Å²) in [7, 11) is 0. The zero-order chi connectivity index (χ0) is 17.6. The zero-order valence-electron chi connectivity index (χ0n) is 14.4. The number of piperidine rings is 1. The van der Waals surface area contributed by atoms with Crippen molar-refractivity contribution in [1.29, 1.82) is 0 Å². The van der Waals surface area contributed by atoms with E-state index in [2.05, 4.69) is 0 Å². The number of hydrogen-bond donors (Lipinski definition) is 1. The van der Waals surface area contributed by atoms with E-state index in [1.165, 1.54) is 6.07 Å². The number of hydrogen-bond acceptors (Lipinski definition) is 4. The molecule has 0 spiro atoms. The van der Waals surface area contributed by atoms with E-state index >= 15 is 0 Å². The van der Waals surface area contributed by atoms with Gasteiger partial charge in [-0.3, -0.25) is 4.79 Å². The number of rotatable bonds is 6. The standard InChI is InChI=1S/C19H25NO5/c21-18(12-14-3-1-4-15(11-14)19(22)23)20-8-6-16(7-9-20)25-13-17-5-2-10-24-17/h1,3-4,11,16-17H,2,5-10,12-13H2,(H,22,23). The molecule has 2 saturated heterocycles. The molecule has 1 atom stereocenters. The minimum atomic E-state index is -0.974. The van der Waals surface area contributed by atoms with Gasteiger partial charge in [-0.15, -0.1) is 0 Å². The molecule has 0 saturated carbocycles. The maximum absolute atomic E-state index is 12.4. The molecule has 6 nitrogen and oxygen atoms in total. The molecule has 2 aliphatic heterocycles. The summed E-state index contributed by atoms with van der Waals surface area (Å²) in [6.07, 6.45) is 4.55. The van der Waals surface area contributed by atoms with Gasteiger partial charge in [-0.1, -0.05) is 12.1 Å². The Kier molecular flexibility index (Phi) is 6.04. The second-order valence-electron chi connectivity index (χ2n) is 6.73. The highest BCUT2D eigenvalue weighted by atomic mass is 16.5. The van der Waals surface area contributed by atoms with E-state index in [9.17, 15) is 9.59 Å². The van der Waals surface area contributed by atoms with Gasteiger partial charge in [-0.2, -0.15) is 0 Å². The number of benzene rings is 1. The Morgan fingerprint density at radius 3 is 2.72 bits per heavy atom. The number of nitrogens with zero attached hydrogens (tertiary/aromatic N) is 1. The van der Waals surface area contributed by atoms with Crippen LogP contribution in [0.1, 0.15) is 41.6 Å². The lowest BCUT2D eigenvalue weighted by Crippen LogP contribution is -2.42. The predicted molar refractivity (Wildman–Crippen MR) is 91.6 cm³/mol. The summed E-state index contributed by atoms with van der Waals surface area (Å²) in [5, 5.41) is 9.03. The fourth-order valence-corrected chi connectivity index (χ4v) is 3.39. The summed E-state index contributed by atoms with van der Waals surface area (Å²) in [6, 6.07) is 6.57. The van der Waals surface area contributed by atoms with Crippen LogP contribution in [0.5, 0.6) is 0 Å². The molecule has 25 heavy (non-hydrogen) atoms. The van der Waals surface area contributed by atoms with E-state index in [0.717, 1.165) is 37.9 Å². The van der Waals surface area contributed by atoms with Gasteiger partial charge in [0.25, 0.3) is 0 Å². The van der Waals surface area contributed by atoms with Crippen molar-refractivity contribution in [2.75, 3.05) is 26.3 Å². The Bertz CT molecular complexity index is 604. The second kappa shape index (κ2) is 8.45. The first kappa shape index (κ1) is 17.9. The first-order valence-corrected chi connectivity index (χ1v) is 8.95. The SMILES string of the molecule is O=C(O)c1cccc(CC(=O)N2CCC(OCC3CCCO3)CC2)c1. The van der Waals surface area contributed by atoms with E-state index in [1.54, 1.807) is 18.2 Å². The van der Waals surface area contributed by atoms with E-state index in [4.69, 9.17) is 14.6 Å². The third kappa shape index (κ3) is 5.03. The molecule has 1 aromatic carbocycles. The third-order valence-corrected chi connectivity index (χ3v) is 4.87.